The van der Waals surface area contributed by atoms with E-state index in [4.69, 9.17) is 0 Å². The molecule has 0 aliphatic heterocycles. The van der Waals surface area contributed by atoms with Gasteiger partial charge < -0.3 is 0 Å². The summed E-state index contributed by atoms with van der Waals surface area (Å²) in [4.78, 5) is 12.0. The van der Waals surface area contributed by atoms with E-state index >= 15 is 0 Å². The topological polar surface area (TPSA) is 17.1 Å². The standard InChI is InChI=1S/C17H25BrO/c1-2-3-4-5-6-7-8-9-13-17(19)15-11-10-12-16(18)14-15/h10-12,14H,2-9,13H2,1H3. The van der Waals surface area contributed by atoms with Crippen LogP contribution in [0, 0.1) is 0 Å². The molecule has 1 rings (SSSR count). The molecule has 19 heavy (non-hydrogen) atoms. The number of unbranched alkanes of at least 4 members (excludes halogenated alkanes) is 7. The summed E-state index contributed by atoms with van der Waals surface area (Å²) in [7, 11) is 0. The van der Waals surface area contributed by atoms with Crippen LogP contribution in [0.2, 0.25) is 0 Å². The Morgan fingerprint density at radius 2 is 1.63 bits per heavy atom. The van der Waals surface area contributed by atoms with Crippen LogP contribution in [0.5, 0.6) is 0 Å². The third kappa shape index (κ3) is 7.51. The lowest BCUT2D eigenvalue weighted by Gasteiger charge is -2.03. The minimum Gasteiger partial charge on any atom is -0.294 e. The van der Waals surface area contributed by atoms with Gasteiger partial charge in [-0.2, -0.15) is 0 Å². The van der Waals surface area contributed by atoms with Crippen molar-refractivity contribution < 1.29 is 4.79 Å². The van der Waals surface area contributed by atoms with Crippen molar-refractivity contribution in [3.63, 3.8) is 0 Å². The van der Waals surface area contributed by atoms with Gasteiger partial charge in [0.05, 0.1) is 0 Å². The molecule has 0 radical (unpaired) electrons. The molecule has 1 aromatic rings. The van der Waals surface area contributed by atoms with E-state index in [1.165, 1.54) is 44.9 Å². The van der Waals surface area contributed by atoms with Crippen LogP contribution in [0.25, 0.3) is 0 Å². The SMILES string of the molecule is CCCCCCCCCCC(=O)c1cccc(Br)c1. The molecule has 0 amide bonds. The summed E-state index contributed by atoms with van der Waals surface area (Å²) >= 11 is 3.40. The van der Waals surface area contributed by atoms with Crippen LogP contribution < -0.4 is 0 Å². The van der Waals surface area contributed by atoms with E-state index < -0.39 is 0 Å². The summed E-state index contributed by atoms with van der Waals surface area (Å²) in [6.07, 6.45) is 10.9. The molecule has 0 bridgehead atoms. The first-order valence-corrected chi connectivity index (χ1v) is 8.32. The zero-order valence-corrected chi connectivity index (χ0v) is 13.5. The van der Waals surface area contributed by atoms with Gasteiger partial charge in [-0.3, -0.25) is 4.79 Å². The van der Waals surface area contributed by atoms with Crippen LogP contribution in [0.4, 0.5) is 0 Å². The van der Waals surface area contributed by atoms with Gasteiger partial charge in [0, 0.05) is 16.5 Å². The Morgan fingerprint density at radius 1 is 1.00 bits per heavy atom. The largest absolute Gasteiger partial charge is 0.294 e. The highest BCUT2D eigenvalue weighted by Crippen LogP contribution is 2.15. The molecule has 0 unspecified atom stereocenters. The Labute approximate surface area is 125 Å². The first-order valence-electron chi connectivity index (χ1n) is 7.53. The maximum Gasteiger partial charge on any atom is 0.162 e. The van der Waals surface area contributed by atoms with Gasteiger partial charge in [0.1, 0.15) is 0 Å². The van der Waals surface area contributed by atoms with Crippen molar-refractivity contribution in [1.82, 2.24) is 0 Å². The number of benzene rings is 1. The van der Waals surface area contributed by atoms with Crippen molar-refractivity contribution in [1.29, 1.82) is 0 Å². The van der Waals surface area contributed by atoms with Crippen LogP contribution in [0.3, 0.4) is 0 Å². The Morgan fingerprint density at radius 3 is 2.26 bits per heavy atom. The number of halogens is 1. The van der Waals surface area contributed by atoms with E-state index in [0.29, 0.717) is 6.42 Å². The number of rotatable bonds is 10. The quantitative estimate of drug-likeness (QED) is 0.372. The maximum atomic E-state index is 12.0. The van der Waals surface area contributed by atoms with Gasteiger partial charge in [0.25, 0.3) is 0 Å². The Balaban J connectivity index is 2.08. The third-order valence-corrected chi connectivity index (χ3v) is 3.90. The fourth-order valence-corrected chi connectivity index (χ4v) is 2.62. The number of Topliss-reactive ketones (excluding diaryl/α,β-unsaturated/α-hetero) is 1. The molecule has 0 heterocycles. The smallest absolute Gasteiger partial charge is 0.162 e. The number of hydrogen-bond donors (Lipinski definition) is 0. The van der Waals surface area contributed by atoms with Gasteiger partial charge in [-0.1, -0.05) is 79.9 Å². The molecule has 2 heteroatoms. The van der Waals surface area contributed by atoms with Crippen LogP contribution in [0.15, 0.2) is 28.7 Å². The van der Waals surface area contributed by atoms with Gasteiger partial charge in [-0.05, 0) is 18.6 Å². The highest BCUT2D eigenvalue weighted by Gasteiger charge is 2.05. The van der Waals surface area contributed by atoms with E-state index in [-0.39, 0.29) is 5.78 Å². The average molecular weight is 325 g/mol. The first-order chi connectivity index (χ1) is 9.24. The molecule has 0 aromatic heterocycles. The van der Waals surface area contributed by atoms with Crippen LogP contribution in [0.1, 0.15) is 75.1 Å². The molecule has 106 valence electrons. The Kier molecular flexibility index (Phi) is 8.81. The van der Waals surface area contributed by atoms with Crippen molar-refractivity contribution in [2.45, 2.75) is 64.7 Å². The summed E-state index contributed by atoms with van der Waals surface area (Å²) in [6, 6.07) is 7.68. The van der Waals surface area contributed by atoms with Gasteiger partial charge in [-0.25, -0.2) is 0 Å². The van der Waals surface area contributed by atoms with Crippen molar-refractivity contribution in [3.05, 3.63) is 34.3 Å². The lowest BCUT2D eigenvalue weighted by molar-refractivity contribution is 0.0979. The van der Waals surface area contributed by atoms with E-state index in [0.717, 1.165) is 16.5 Å². The minimum atomic E-state index is 0.271. The van der Waals surface area contributed by atoms with E-state index in [1.54, 1.807) is 0 Å². The van der Waals surface area contributed by atoms with Crippen molar-refractivity contribution >= 4 is 21.7 Å². The van der Waals surface area contributed by atoms with Crippen molar-refractivity contribution in [2.24, 2.45) is 0 Å². The lowest BCUT2D eigenvalue weighted by atomic mass is 10.0. The molecule has 0 fully saturated rings. The molecule has 0 aliphatic carbocycles. The Hall–Kier alpha value is -0.630. The molecule has 1 aromatic carbocycles. The van der Waals surface area contributed by atoms with E-state index in [1.807, 2.05) is 24.3 Å². The van der Waals surface area contributed by atoms with Gasteiger partial charge in [0.2, 0.25) is 0 Å². The van der Waals surface area contributed by atoms with Gasteiger partial charge >= 0.3 is 0 Å². The molecule has 0 saturated heterocycles. The highest BCUT2D eigenvalue weighted by molar-refractivity contribution is 9.10. The fourth-order valence-electron chi connectivity index (χ4n) is 2.23. The molecule has 0 aliphatic rings. The minimum absolute atomic E-state index is 0.271. The summed E-state index contributed by atoms with van der Waals surface area (Å²) < 4.78 is 0.981. The predicted molar refractivity (Wildman–Crippen MR) is 85.7 cm³/mol. The van der Waals surface area contributed by atoms with Crippen LogP contribution in [-0.4, -0.2) is 5.78 Å². The summed E-state index contributed by atoms with van der Waals surface area (Å²) in [5.41, 5.74) is 0.831. The molecular formula is C17H25BrO. The second-order valence-electron chi connectivity index (χ2n) is 5.16. The second-order valence-corrected chi connectivity index (χ2v) is 6.07. The van der Waals surface area contributed by atoms with Gasteiger partial charge in [-0.15, -0.1) is 0 Å². The summed E-state index contributed by atoms with van der Waals surface area (Å²) in [6.45, 7) is 2.24. The molecule has 0 saturated carbocycles. The number of carbonyl (C=O) groups is 1. The van der Waals surface area contributed by atoms with E-state index in [9.17, 15) is 4.79 Å². The van der Waals surface area contributed by atoms with Crippen molar-refractivity contribution in [2.75, 3.05) is 0 Å². The first kappa shape index (κ1) is 16.4. The zero-order chi connectivity index (χ0) is 13.9. The molecule has 0 atom stereocenters. The normalized spacial score (nSPS) is 10.6. The average Bonchev–Trinajstić information content (AvgIpc) is 2.41. The third-order valence-electron chi connectivity index (χ3n) is 3.40. The number of hydrogen-bond acceptors (Lipinski definition) is 1. The molecular weight excluding hydrogens is 300 g/mol. The monoisotopic (exact) mass is 324 g/mol. The van der Waals surface area contributed by atoms with Gasteiger partial charge in [0.15, 0.2) is 5.78 Å². The van der Waals surface area contributed by atoms with Crippen LogP contribution >= 0.6 is 15.9 Å². The maximum absolute atomic E-state index is 12.0. The molecule has 1 nitrogen and oxygen atoms in total. The fraction of sp³-hybridized carbons (Fsp3) is 0.588. The number of ketones is 1. The highest BCUT2D eigenvalue weighted by atomic mass is 79.9. The van der Waals surface area contributed by atoms with Crippen molar-refractivity contribution in [3.8, 4) is 0 Å². The lowest BCUT2D eigenvalue weighted by Crippen LogP contribution is -1.98. The summed E-state index contributed by atoms with van der Waals surface area (Å²) in [5, 5.41) is 0. The molecule has 0 spiro atoms. The second kappa shape index (κ2) is 10.2. The summed E-state index contributed by atoms with van der Waals surface area (Å²) in [5.74, 6) is 0.271. The van der Waals surface area contributed by atoms with E-state index in [2.05, 4.69) is 22.9 Å². The van der Waals surface area contributed by atoms with Crippen LogP contribution in [-0.2, 0) is 0 Å². The molecule has 0 N–H and O–H groups in total. The zero-order valence-electron chi connectivity index (χ0n) is 12.0. The number of carbonyl (C=O) groups excluding carboxylic acids is 1. The Bertz CT molecular complexity index is 373. The predicted octanol–water partition coefficient (Wildman–Crippen LogP) is 6.16.